The summed E-state index contributed by atoms with van der Waals surface area (Å²) in [5.41, 5.74) is 0.688. The third kappa shape index (κ3) is 5.08. The normalized spacial score (nSPS) is 11.0. The molecule has 27 heavy (non-hydrogen) atoms. The Kier molecular flexibility index (Phi) is 6.12. The second kappa shape index (κ2) is 8.53. The molecule has 0 aromatic heterocycles. The van der Waals surface area contributed by atoms with Crippen LogP contribution in [-0.2, 0) is 14.6 Å². The Hall–Kier alpha value is -2.39. The number of hydrogen-bond donors (Lipinski definition) is 1. The number of hydrogen-bond acceptors (Lipinski definition) is 4. The molecule has 0 saturated heterocycles. The van der Waals surface area contributed by atoms with Crippen LogP contribution in [0.4, 0.5) is 5.69 Å². The van der Waals surface area contributed by atoms with Crippen molar-refractivity contribution in [1.82, 2.24) is 0 Å². The predicted octanol–water partition coefficient (Wildman–Crippen LogP) is 4.14. The lowest BCUT2D eigenvalue weighted by molar-refractivity contribution is -0.118. The van der Waals surface area contributed by atoms with Gasteiger partial charge in [0.15, 0.2) is 6.61 Å². The number of amides is 1. The van der Waals surface area contributed by atoms with Gasteiger partial charge in [-0.25, -0.2) is 8.42 Å². The Morgan fingerprint density at radius 1 is 0.852 bits per heavy atom. The zero-order chi connectivity index (χ0) is 19.3. The summed E-state index contributed by atoms with van der Waals surface area (Å²) in [4.78, 5) is 12.4. The van der Waals surface area contributed by atoms with E-state index in [1.807, 2.05) is 24.3 Å². The highest BCUT2D eigenvalue weighted by Crippen LogP contribution is 2.23. The fourth-order valence-corrected chi connectivity index (χ4v) is 3.97. The molecule has 7 heteroatoms. The average Bonchev–Trinajstić information content (AvgIpc) is 2.69. The third-order valence-corrected chi connectivity index (χ3v) is 6.19. The van der Waals surface area contributed by atoms with Gasteiger partial charge in [0.05, 0.1) is 9.79 Å². The molecule has 1 amide bonds. The van der Waals surface area contributed by atoms with E-state index in [9.17, 15) is 13.2 Å². The van der Waals surface area contributed by atoms with E-state index in [4.69, 9.17) is 4.74 Å². The second-order valence-corrected chi connectivity index (χ2v) is 8.83. The molecule has 0 fully saturated rings. The topological polar surface area (TPSA) is 72.5 Å². The molecule has 0 unspecified atom stereocenters. The molecule has 0 aliphatic heterocycles. The number of halogens is 1. The van der Waals surface area contributed by atoms with Crippen LogP contribution in [0.25, 0.3) is 0 Å². The molecule has 0 saturated carbocycles. The Balaban J connectivity index is 1.61. The van der Waals surface area contributed by atoms with E-state index in [-0.39, 0.29) is 22.3 Å². The number of benzene rings is 3. The summed E-state index contributed by atoms with van der Waals surface area (Å²) in [7, 11) is -3.57. The van der Waals surface area contributed by atoms with Crippen molar-refractivity contribution < 1.29 is 17.9 Å². The van der Waals surface area contributed by atoms with Crippen molar-refractivity contribution in [2.24, 2.45) is 0 Å². The van der Waals surface area contributed by atoms with Gasteiger partial charge < -0.3 is 10.1 Å². The maximum Gasteiger partial charge on any atom is 0.262 e. The van der Waals surface area contributed by atoms with Crippen LogP contribution in [0.2, 0.25) is 0 Å². The molecule has 0 aliphatic carbocycles. The van der Waals surface area contributed by atoms with Gasteiger partial charge in [-0.1, -0.05) is 18.2 Å². The predicted molar refractivity (Wildman–Crippen MR) is 112 cm³/mol. The molecule has 3 aromatic rings. The molecule has 3 rings (SSSR count). The molecule has 138 valence electrons. The lowest BCUT2D eigenvalue weighted by Crippen LogP contribution is -2.20. The highest BCUT2D eigenvalue weighted by molar-refractivity contribution is 14.1. The van der Waals surface area contributed by atoms with Gasteiger partial charge in [0.25, 0.3) is 5.91 Å². The van der Waals surface area contributed by atoms with Gasteiger partial charge in [-0.15, -0.1) is 0 Å². The molecule has 0 spiro atoms. The van der Waals surface area contributed by atoms with Crippen molar-refractivity contribution in [2.45, 2.75) is 9.79 Å². The SMILES string of the molecule is O=C(COc1ccc(S(=O)(=O)c2ccccc2)cc1)Nc1ccc(I)cc1. The van der Waals surface area contributed by atoms with Crippen molar-refractivity contribution in [3.8, 4) is 5.75 Å². The summed E-state index contributed by atoms with van der Waals surface area (Å²) in [6.07, 6.45) is 0. The summed E-state index contributed by atoms with van der Waals surface area (Å²) >= 11 is 2.19. The van der Waals surface area contributed by atoms with Crippen molar-refractivity contribution in [3.05, 3.63) is 82.4 Å². The Bertz CT molecular complexity index is 1020. The first-order valence-corrected chi connectivity index (χ1v) is 10.6. The zero-order valence-electron chi connectivity index (χ0n) is 14.1. The van der Waals surface area contributed by atoms with E-state index in [2.05, 4.69) is 27.9 Å². The molecular formula is C20H16INO4S. The highest BCUT2D eigenvalue weighted by atomic mass is 127. The van der Waals surface area contributed by atoms with Gasteiger partial charge in [-0.3, -0.25) is 4.79 Å². The summed E-state index contributed by atoms with van der Waals surface area (Å²) in [6.45, 7) is -0.170. The first kappa shape index (κ1) is 19.4. The highest BCUT2D eigenvalue weighted by Gasteiger charge is 2.17. The van der Waals surface area contributed by atoms with E-state index in [0.717, 1.165) is 3.57 Å². The van der Waals surface area contributed by atoms with Crippen LogP contribution in [-0.4, -0.2) is 20.9 Å². The van der Waals surface area contributed by atoms with Gasteiger partial charge in [-0.05, 0) is 83.3 Å². The Morgan fingerprint density at radius 2 is 1.44 bits per heavy atom. The van der Waals surface area contributed by atoms with E-state index in [0.29, 0.717) is 11.4 Å². The van der Waals surface area contributed by atoms with Crippen LogP contribution >= 0.6 is 22.6 Å². The van der Waals surface area contributed by atoms with Crippen molar-refractivity contribution in [1.29, 1.82) is 0 Å². The smallest absolute Gasteiger partial charge is 0.262 e. The van der Waals surface area contributed by atoms with Gasteiger partial charge in [0.1, 0.15) is 5.75 Å². The van der Waals surface area contributed by atoms with Gasteiger partial charge in [0, 0.05) is 9.26 Å². The van der Waals surface area contributed by atoms with E-state index in [1.54, 1.807) is 30.3 Å². The molecule has 1 N–H and O–H groups in total. The number of carbonyl (C=O) groups is 1. The first-order valence-electron chi connectivity index (χ1n) is 8.03. The zero-order valence-corrected chi connectivity index (χ0v) is 17.1. The van der Waals surface area contributed by atoms with Gasteiger partial charge in [0.2, 0.25) is 9.84 Å². The van der Waals surface area contributed by atoms with Crippen molar-refractivity contribution in [3.63, 3.8) is 0 Å². The standard InChI is InChI=1S/C20H16INO4S/c21-15-6-8-16(9-7-15)22-20(23)14-26-17-10-12-19(13-11-17)27(24,25)18-4-2-1-3-5-18/h1-13H,14H2,(H,22,23). The van der Waals surface area contributed by atoms with E-state index in [1.165, 1.54) is 24.3 Å². The summed E-state index contributed by atoms with van der Waals surface area (Å²) in [5.74, 6) is 0.122. The third-order valence-electron chi connectivity index (χ3n) is 3.69. The number of carbonyl (C=O) groups excluding carboxylic acids is 1. The van der Waals surface area contributed by atoms with Crippen LogP contribution in [0.5, 0.6) is 5.75 Å². The van der Waals surface area contributed by atoms with Crippen molar-refractivity contribution >= 4 is 44.0 Å². The summed E-state index contributed by atoms with van der Waals surface area (Å²) in [5, 5.41) is 2.73. The van der Waals surface area contributed by atoms with Crippen LogP contribution in [0.3, 0.4) is 0 Å². The fraction of sp³-hybridized carbons (Fsp3) is 0.0500. The molecule has 0 aliphatic rings. The molecule has 0 heterocycles. The first-order chi connectivity index (χ1) is 12.9. The average molecular weight is 493 g/mol. The largest absolute Gasteiger partial charge is 0.484 e. The molecule has 0 bridgehead atoms. The number of anilines is 1. The summed E-state index contributed by atoms with van der Waals surface area (Å²) < 4.78 is 31.6. The van der Waals surface area contributed by atoms with Gasteiger partial charge >= 0.3 is 0 Å². The Morgan fingerprint density at radius 3 is 2.07 bits per heavy atom. The quantitative estimate of drug-likeness (QED) is 0.524. The van der Waals surface area contributed by atoms with E-state index >= 15 is 0 Å². The van der Waals surface area contributed by atoms with E-state index < -0.39 is 9.84 Å². The second-order valence-electron chi connectivity index (χ2n) is 5.63. The number of rotatable bonds is 6. The minimum atomic E-state index is -3.57. The van der Waals surface area contributed by atoms with Crippen molar-refractivity contribution in [2.75, 3.05) is 11.9 Å². The Labute approximate surface area is 171 Å². The molecular weight excluding hydrogens is 477 g/mol. The molecule has 3 aromatic carbocycles. The number of ether oxygens (including phenoxy) is 1. The van der Waals surface area contributed by atoms with Crippen LogP contribution in [0, 0.1) is 3.57 Å². The molecule has 0 atom stereocenters. The number of nitrogens with one attached hydrogen (secondary N) is 1. The monoisotopic (exact) mass is 493 g/mol. The van der Waals surface area contributed by atoms with Crippen LogP contribution in [0.15, 0.2) is 88.7 Å². The fourth-order valence-electron chi connectivity index (χ4n) is 2.33. The maximum absolute atomic E-state index is 12.5. The minimum absolute atomic E-state index is 0.170. The lowest BCUT2D eigenvalue weighted by atomic mass is 10.3. The summed E-state index contributed by atoms with van der Waals surface area (Å²) in [6, 6.07) is 21.6. The number of sulfone groups is 1. The maximum atomic E-state index is 12.5. The van der Waals surface area contributed by atoms with Gasteiger partial charge in [-0.2, -0.15) is 0 Å². The van der Waals surface area contributed by atoms with Crippen LogP contribution < -0.4 is 10.1 Å². The lowest BCUT2D eigenvalue weighted by Gasteiger charge is -2.09. The minimum Gasteiger partial charge on any atom is -0.484 e. The molecule has 0 radical (unpaired) electrons. The molecule has 5 nitrogen and oxygen atoms in total. The van der Waals surface area contributed by atoms with Crippen LogP contribution in [0.1, 0.15) is 0 Å².